The number of alkyl halides is 1. The third kappa shape index (κ3) is 33.1. The first-order chi connectivity index (χ1) is 43.8. The Labute approximate surface area is 626 Å². The number of pyridine rings is 4. The summed E-state index contributed by atoms with van der Waals surface area (Å²) in [6, 6.07) is 6.54. The normalized spacial score (nSPS) is 10.9. The Morgan fingerprint density at radius 1 is 0.653 bits per heavy atom. The monoisotopic (exact) mass is 1800 g/mol. The standard InChI is InChI=1S/2C12H14BrN3O2.C9H8BrN3O2.C9H9N3O3.C8H11O4.C4H6N2.C3H7Br.Br3OP.Na.H2O/c1-4-18-12(17)8-5-10(13)14-11-9(8)6-16(15-11)7(2)3;1-4-18-12(17)8-5-10(13)15-11-9(8)6-14-16(11)7(2)3;1-2-15-9(14)5-3-7(10)12-8-6(5)4-11-13-8;1-2-15-9(14)5-3-7(13)11-8-6(5)4-10-12-8;1-3-11-7(9)5-6-8(10)12-4-2;5-4-1-2-6-3-4;1-3(2)4;1-5(2,3)4;;/h2*5-7H,4H2,1-3H3;3-4H,2H2,1H3,(H,11,12,13);3-4H,2H2,1H3,(H2,10,11,12,13);5H,3-4H2,1-2H3;1-2H,3,5H2;3H,1-2H3;;;1H2/q;;;;-1;;;;+1;/p-1. The van der Waals surface area contributed by atoms with Crippen molar-refractivity contribution in [2.45, 2.75) is 100.0 Å². The molecule has 0 unspecified atom stereocenters. The minimum absolute atomic E-state index is 0. The van der Waals surface area contributed by atoms with Crippen LogP contribution in [0.25, 0.3) is 44.1 Å². The average Bonchev–Trinajstić information content (AvgIpc) is 1.70. The largest absolute Gasteiger partial charge is 1.00 e. The van der Waals surface area contributed by atoms with Crippen LogP contribution in [0.15, 0.2) is 90.5 Å². The number of fused-ring (bicyclic) bond motifs is 4. The first-order valence-electron chi connectivity index (χ1n) is 27.9. The molecule has 95 heavy (non-hydrogen) atoms. The van der Waals surface area contributed by atoms with Gasteiger partial charge in [0.2, 0.25) is 11.5 Å². The first-order valence-corrected chi connectivity index (χ1v) is 38.9. The fraction of sp³-hybridized carbons (Fsp3) is 0.386. The zero-order valence-corrected chi connectivity index (χ0v) is 67.8. The molecule has 29 nitrogen and oxygen atoms in total. The molecule has 0 aliphatic carbocycles. The van der Waals surface area contributed by atoms with Gasteiger partial charge in [-0.25, -0.2) is 38.8 Å². The van der Waals surface area contributed by atoms with Crippen molar-refractivity contribution in [2.75, 3.05) is 46.2 Å². The topological polar surface area (TPSA) is 408 Å². The number of ether oxygens (including phenoxy) is 6. The number of hydrogen-bond donors (Lipinski definition) is 4. The Bertz CT molecular complexity index is 3920. The van der Waals surface area contributed by atoms with E-state index in [1.807, 2.05) is 33.9 Å². The van der Waals surface area contributed by atoms with E-state index in [0.717, 1.165) is 11.8 Å². The number of allylic oxidation sites excluding steroid dienone is 1. The molecule has 9 rings (SSSR count). The molecule has 0 saturated carbocycles. The number of hydrogen-bond acceptors (Lipinski definition) is 24. The van der Waals surface area contributed by atoms with Crippen LogP contribution in [-0.2, 0) is 42.6 Å². The van der Waals surface area contributed by atoms with E-state index in [1.165, 1.54) is 12.3 Å². The second-order valence-corrected chi connectivity index (χ2v) is 41.1. The molecule has 8 aromatic rings. The Kier molecular flexibility index (Phi) is 44.1. The predicted octanol–water partition coefficient (Wildman–Crippen LogP) is 10.5. The van der Waals surface area contributed by atoms with Gasteiger partial charge >= 0.3 is 53.4 Å². The van der Waals surface area contributed by atoms with Crippen LogP contribution in [0.5, 0.6) is 0 Å². The van der Waals surface area contributed by atoms with Gasteiger partial charge in [-0.1, -0.05) is 29.8 Å². The number of halogens is 7. The van der Waals surface area contributed by atoms with E-state index in [4.69, 9.17) is 24.7 Å². The third-order valence-corrected chi connectivity index (χ3v) is 11.6. The molecule has 0 radical (unpaired) electrons. The smallest absolute Gasteiger partial charge is 0.870 e. The zero-order chi connectivity index (χ0) is 70.1. The third-order valence-electron chi connectivity index (χ3n) is 10.4. The number of aromatic amines is 3. The van der Waals surface area contributed by atoms with E-state index in [0.29, 0.717) is 106 Å². The molecule has 1 aliphatic heterocycles. The molecule has 0 saturated heterocycles. The number of carbonyl (C=O) groups is 6. The SMILES string of the molecule is CC(C)Br.CCOC(=O)[C-]=CC(=O)OCC.CCOC(=O)c1cc(=O)[nH]c2[nH]ncc12.CCOC(=O)c1cc(Br)nc2[nH]ncc12.CCOC(=O)c1cc(Br)nc2c1cnn2C(C)C.CCOC(=O)c1cc(Br)nc2nn(C(C)C)cc12.NC1=CC=NC1.O=P(Br)(Br)Br.[Na+].[OH-]. The molecule has 0 atom stereocenters. The Balaban J connectivity index is 0.00000110. The number of H-pyrrole nitrogens is 3. The van der Waals surface area contributed by atoms with E-state index in [9.17, 15) is 38.1 Å². The number of aliphatic imine (C=N–C) groups is 1. The van der Waals surface area contributed by atoms with Crippen LogP contribution >= 0.6 is 113 Å². The fourth-order valence-corrected chi connectivity index (χ4v) is 8.01. The van der Waals surface area contributed by atoms with Crippen LogP contribution in [0, 0.1) is 6.08 Å². The van der Waals surface area contributed by atoms with Gasteiger partial charge < -0.3 is 49.4 Å². The van der Waals surface area contributed by atoms with Crippen LogP contribution in [0.2, 0.25) is 0 Å². The molecule has 1 aliphatic rings. The van der Waals surface area contributed by atoms with Crippen molar-refractivity contribution in [3.05, 3.63) is 119 Å². The van der Waals surface area contributed by atoms with E-state index in [1.54, 1.807) is 93.8 Å². The number of rotatable bonds is 14. The minimum Gasteiger partial charge on any atom is -0.870 e. The Hall–Kier alpha value is -5.40. The summed E-state index contributed by atoms with van der Waals surface area (Å²) in [5.74, 6) is -2.85. The number of nitrogens with one attached hydrogen (secondary N) is 3. The van der Waals surface area contributed by atoms with Gasteiger partial charge in [0.1, 0.15) is 19.5 Å². The van der Waals surface area contributed by atoms with E-state index < -0.39 is 21.2 Å². The fourth-order valence-electron chi connectivity index (χ4n) is 6.81. The molecule has 0 aromatic carbocycles. The summed E-state index contributed by atoms with van der Waals surface area (Å²) in [6.45, 7) is 25.2. The van der Waals surface area contributed by atoms with Gasteiger partial charge in [0, 0.05) is 87.6 Å². The van der Waals surface area contributed by atoms with Crippen molar-refractivity contribution in [1.82, 2.24) is 59.9 Å². The van der Waals surface area contributed by atoms with E-state index >= 15 is 0 Å². The molecule has 0 spiro atoms. The summed E-state index contributed by atoms with van der Waals surface area (Å²) < 4.78 is 41.9. The number of carbonyl (C=O) groups excluding carboxylic acids is 6. The summed E-state index contributed by atoms with van der Waals surface area (Å²) in [5.41, 5.74) is 9.63. The van der Waals surface area contributed by atoms with Gasteiger partial charge in [-0.2, -0.15) is 26.5 Å². The summed E-state index contributed by atoms with van der Waals surface area (Å²) >= 11 is 21.4. The summed E-state index contributed by atoms with van der Waals surface area (Å²) in [7, 11) is 0. The van der Waals surface area contributed by atoms with Crippen molar-refractivity contribution in [3.63, 3.8) is 0 Å². The molecule has 38 heteroatoms. The van der Waals surface area contributed by atoms with Crippen molar-refractivity contribution < 1.29 is 96.8 Å². The minimum atomic E-state index is -2.20. The van der Waals surface area contributed by atoms with E-state index in [2.05, 4.69) is 195 Å². The van der Waals surface area contributed by atoms with Crippen LogP contribution in [-0.4, -0.2) is 158 Å². The van der Waals surface area contributed by atoms with E-state index in [-0.39, 0.29) is 96.0 Å². The molecular formula is C57H70Br7N14NaO15P-. The molecule has 9 heterocycles. The van der Waals surface area contributed by atoms with Gasteiger partial charge in [-0.3, -0.25) is 34.0 Å². The number of esters is 6. The summed E-state index contributed by atoms with van der Waals surface area (Å²) in [5, 5.41) is 24.1. The molecule has 0 amide bonds. The van der Waals surface area contributed by atoms with Gasteiger partial charge in [-0.15, -0.1) is 6.08 Å². The molecule has 0 fully saturated rings. The molecule has 6 N–H and O–H groups in total. The Morgan fingerprint density at radius 3 is 1.56 bits per heavy atom. The van der Waals surface area contributed by atoms with Gasteiger partial charge in [-0.05, 0) is 141 Å². The summed E-state index contributed by atoms with van der Waals surface area (Å²) in [4.78, 5) is 99.0. The molecule has 8 aromatic heterocycles. The van der Waals surface area contributed by atoms with Gasteiger partial charge in [0.25, 0.3) is 3.25 Å². The van der Waals surface area contributed by atoms with Crippen LogP contribution in [0.4, 0.5) is 0 Å². The zero-order valence-electron chi connectivity index (χ0n) is 53.8. The number of nitrogens with two attached hydrogens (primary N) is 1. The van der Waals surface area contributed by atoms with Crippen molar-refractivity contribution >= 4 is 200 Å². The molecular weight excluding hydrogens is 1730 g/mol. The molecule has 0 bridgehead atoms. The maximum atomic E-state index is 11.9. The number of nitrogens with zero attached hydrogens (tertiary/aromatic N) is 10. The van der Waals surface area contributed by atoms with Crippen LogP contribution < -0.4 is 40.9 Å². The van der Waals surface area contributed by atoms with Gasteiger partial charge in [0.15, 0.2) is 22.9 Å². The quantitative estimate of drug-likeness (QED) is 0.0115. The maximum absolute atomic E-state index is 11.9. The maximum Gasteiger partial charge on any atom is 1.00 e. The summed E-state index contributed by atoms with van der Waals surface area (Å²) in [6.07, 6.45) is 13.1. The number of aromatic nitrogens is 12. The van der Waals surface area contributed by atoms with Crippen LogP contribution in [0.1, 0.15) is 137 Å². The molecule has 514 valence electrons. The Morgan fingerprint density at radius 2 is 1.11 bits per heavy atom. The average molecular weight is 1800 g/mol. The van der Waals surface area contributed by atoms with Crippen molar-refractivity contribution in [2.24, 2.45) is 10.7 Å². The predicted molar refractivity (Wildman–Crippen MR) is 380 cm³/mol. The second kappa shape index (κ2) is 46.7. The first kappa shape index (κ1) is 89.6. The van der Waals surface area contributed by atoms with Crippen LogP contribution in [0.3, 0.4) is 0 Å². The second-order valence-electron chi connectivity index (χ2n) is 18.5. The van der Waals surface area contributed by atoms with Gasteiger partial charge in [0.05, 0.1) is 109 Å². The van der Waals surface area contributed by atoms with Crippen molar-refractivity contribution in [1.29, 1.82) is 0 Å². The van der Waals surface area contributed by atoms with Crippen molar-refractivity contribution in [3.8, 4) is 0 Å².